The summed E-state index contributed by atoms with van der Waals surface area (Å²) < 4.78 is 39.5. The van der Waals surface area contributed by atoms with E-state index in [0.717, 1.165) is 51.6 Å². The van der Waals surface area contributed by atoms with E-state index in [2.05, 4.69) is 27.1 Å². The first-order valence-electron chi connectivity index (χ1n) is 13.8. The number of rotatable bonds is 9. The third-order valence-corrected chi connectivity index (χ3v) is 9.73. The zero-order valence-electron chi connectivity index (χ0n) is 22.6. The number of hydrogen-bond acceptors (Lipinski definition) is 5. The molecule has 214 valence electrons. The minimum absolute atomic E-state index is 0.0457. The fraction of sp³-hybridized carbons (Fsp3) is 0.517. The van der Waals surface area contributed by atoms with Gasteiger partial charge in [-0.25, -0.2) is 22.3 Å². The van der Waals surface area contributed by atoms with Crippen LogP contribution in [0.5, 0.6) is 0 Å². The lowest BCUT2D eigenvalue weighted by molar-refractivity contribution is 0.155. The average Bonchev–Trinajstić information content (AvgIpc) is 3.51. The van der Waals surface area contributed by atoms with Crippen LogP contribution in [-0.4, -0.2) is 68.8 Å². The molecule has 2 aliphatic carbocycles. The van der Waals surface area contributed by atoms with Gasteiger partial charge >= 0.3 is 6.03 Å². The van der Waals surface area contributed by atoms with Crippen molar-refractivity contribution in [1.29, 1.82) is 5.26 Å². The molecule has 0 bridgehead atoms. The standard InChI is InChI=1S/C29H35ClFN5O3S/c1-40(38,39)34-24-9-13-35(19-24)11-3-12-36(28(37)33-23-6-7-27(31)26(30)16-23)25-8-10-29(17-22(29)15-25)21-5-2-4-20(14-21)18-32/h2,4-7,14,16,22,24-25,34H,3,8-13,15,17,19H2,1H3,(H,33,37)/t22?,24?,25-,29-/m1/s1. The van der Waals surface area contributed by atoms with Crippen molar-refractivity contribution >= 4 is 33.3 Å². The van der Waals surface area contributed by atoms with E-state index in [1.807, 2.05) is 23.1 Å². The van der Waals surface area contributed by atoms with Gasteiger partial charge in [0.05, 0.1) is 22.9 Å². The highest BCUT2D eigenvalue weighted by molar-refractivity contribution is 7.88. The lowest BCUT2D eigenvalue weighted by Gasteiger charge is -2.37. The summed E-state index contributed by atoms with van der Waals surface area (Å²) in [6.07, 6.45) is 6.45. The van der Waals surface area contributed by atoms with Gasteiger partial charge in [0.2, 0.25) is 10.0 Å². The van der Waals surface area contributed by atoms with E-state index in [9.17, 15) is 22.9 Å². The van der Waals surface area contributed by atoms with Crippen molar-refractivity contribution in [3.63, 3.8) is 0 Å². The summed E-state index contributed by atoms with van der Waals surface area (Å²) in [4.78, 5) is 17.7. The predicted octanol–water partition coefficient (Wildman–Crippen LogP) is 4.71. The van der Waals surface area contributed by atoms with Crippen molar-refractivity contribution in [3.05, 3.63) is 64.4 Å². The number of nitrogens with zero attached hydrogens (tertiary/aromatic N) is 3. The van der Waals surface area contributed by atoms with Gasteiger partial charge < -0.3 is 15.1 Å². The molecule has 1 aliphatic heterocycles. The highest BCUT2D eigenvalue weighted by Gasteiger charge is 2.58. The van der Waals surface area contributed by atoms with Crippen LogP contribution in [0.1, 0.15) is 49.7 Å². The molecular formula is C29H35ClFN5O3S. The number of urea groups is 1. The third-order valence-electron chi connectivity index (χ3n) is 8.68. The largest absolute Gasteiger partial charge is 0.322 e. The maximum absolute atomic E-state index is 13.7. The van der Waals surface area contributed by atoms with Crippen LogP contribution < -0.4 is 10.0 Å². The average molecular weight is 588 g/mol. The zero-order chi connectivity index (χ0) is 28.5. The molecule has 3 aliphatic rings. The molecule has 40 heavy (non-hydrogen) atoms. The smallest absolute Gasteiger partial charge is 0.321 e. The lowest BCUT2D eigenvalue weighted by atomic mass is 9.80. The number of carbonyl (C=O) groups is 1. The Morgan fingerprint density at radius 2 is 2.10 bits per heavy atom. The molecular weight excluding hydrogens is 553 g/mol. The monoisotopic (exact) mass is 587 g/mol. The summed E-state index contributed by atoms with van der Waals surface area (Å²) in [7, 11) is -3.24. The number of nitriles is 1. The molecule has 5 rings (SSSR count). The molecule has 8 nitrogen and oxygen atoms in total. The number of fused-ring (bicyclic) bond motifs is 1. The van der Waals surface area contributed by atoms with Gasteiger partial charge in [0.25, 0.3) is 0 Å². The van der Waals surface area contributed by atoms with Crippen LogP contribution in [0.4, 0.5) is 14.9 Å². The number of likely N-dealkylation sites (tertiary alicyclic amines) is 1. The third kappa shape index (κ3) is 6.60. The van der Waals surface area contributed by atoms with E-state index in [0.29, 0.717) is 30.3 Å². The normalized spacial score (nSPS) is 26.1. The summed E-state index contributed by atoms with van der Waals surface area (Å²) in [6, 6.07) is 14.1. The van der Waals surface area contributed by atoms with Crippen molar-refractivity contribution in [1.82, 2.24) is 14.5 Å². The number of amides is 2. The van der Waals surface area contributed by atoms with Crippen molar-refractivity contribution in [2.45, 2.75) is 56.0 Å². The van der Waals surface area contributed by atoms with Gasteiger partial charge in [0.1, 0.15) is 5.82 Å². The highest BCUT2D eigenvalue weighted by Crippen LogP contribution is 2.62. The molecule has 11 heteroatoms. The number of benzene rings is 2. The van der Waals surface area contributed by atoms with E-state index in [1.165, 1.54) is 30.0 Å². The Morgan fingerprint density at radius 3 is 2.83 bits per heavy atom. The molecule has 0 spiro atoms. The molecule has 1 saturated heterocycles. The molecule has 2 unspecified atom stereocenters. The Morgan fingerprint density at radius 1 is 1.27 bits per heavy atom. The van der Waals surface area contributed by atoms with E-state index in [-0.39, 0.29) is 28.6 Å². The van der Waals surface area contributed by atoms with Gasteiger partial charge in [-0.2, -0.15) is 5.26 Å². The molecule has 4 atom stereocenters. The number of carbonyl (C=O) groups excluding carboxylic acids is 1. The number of sulfonamides is 1. The van der Waals surface area contributed by atoms with Crippen LogP contribution >= 0.6 is 11.6 Å². The molecule has 2 amide bonds. The van der Waals surface area contributed by atoms with E-state index >= 15 is 0 Å². The second kappa shape index (κ2) is 11.6. The highest BCUT2D eigenvalue weighted by atomic mass is 35.5. The first-order valence-corrected chi connectivity index (χ1v) is 16.1. The van der Waals surface area contributed by atoms with Gasteiger partial charge in [0.15, 0.2) is 0 Å². The van der Waals surface area contributed by atoms with Crippen molar-refractivity contribution in [2.24, 2.45) is 5.92 Å². The molecule has 2 aromatic carbocycles. The minimum Gasteiger partial charge on any atom is -0.321 e. The molecule has 2 saturated carbocycles. The summed E-state index contributed by atoms with van der Waals surface area (Å²) in [6.45, 7) is 2.78. The lowest BCUT2D eigenvalue weighted by Crippen LogP contribution is -2.46. The van der Waals surface area contributed by atoms with Crippen molar-refractivity contribution in [3.8, 4) is 6.07 Å². The van der Waals surface area contributed by atoms with E-state index in [1.54, 1.807) is 0 Å². The maximum Gasteiger partial charge on any atom is 0.322 e. The van der Waals surface area contributed by atoms with E-state index < -0.39 is 15.8 Å². The van der Waals surface area contributed by atoms with Gasteiger partial charge in [-0.15, -0.1) is 0 Å². The number of anilines is 1. The zero-order valence-corrected chi connectivity index (χ0v) is 24.1. The molecule has 2 aromatic rings. The van der Waals surface area contributed by atoms with Gasteiger partial charge in [0, 0.05) is 30.9 Å². The van der Waals surface area contributed by atoms with Crippen molar-refractivity contribution in [2.75, 3.05) is 37.8 Å². The quantitative estimate of drug-likeness (QED) is 0.442. The molecule has 2 N–H and O–H groups in total. The van der Waals surface area contributed by atoms with Crippen LogP contribution in [0, 0.1) is 23.1 Å². The summed E-state index contributed by atoms with van der Waals surface area (Å²) >= 11 is 5.95. The fourth-order valence-electron chi connectivity index (χ4n) is 6.66. The van der Waals surface area contributed by atoms with Crippen LogP contribution in [0.2, 0.25) is 5.02 Å². The Hall–Kier alpha value is -2.71. The van der Waals surface area contributed by atoms with Crippen molar-refractivity contribution < 1.29 is 17.6 Å². The molecule has 1 heterocycles. The van der Waals surface area contributed by atoms with Gasteiger partial charge in [-0.05, 0) is 98.8 Å². The topological polar surface area (TPSA) is 106 Å². The second-order valence-electron chi connectivity index (χ2n) is 11.5. The Labute approximate surface area is 240 Å². The van der Waals surface area contributed by atoms with Gasteiger partial charge in [-0.3, -0.25) is 0 Å². The Balaban J connectivity index is 1.24. The Kier molecular flexibility index (Phi) is 8.39. The molecule has 0 aromatic heterocycles. The number of hydrogen-bond donors (Lipinski definition) is 2. The molecule has 3 fully saturated rings. The van der Waals surface area contributed by atoms with Crippen LogP contribution in [0.3, 0.4) is 0 Å². The van der Waals surface area contributed by atoms with Crippen LogP contribution in [0.25, 0.3) is 0 Å². The summed E-state index contributed by atoms with van der Waals surface area (Å²) in [5.74, 6) is -0.0826. The van der Waals surface area contributed by atoms with Gasteiger partial charge in [-0.1, -0.05) is 23.7 Å². The first kappa shape index (κ1) is 28.8. The summed E-state index contributed by atoms with van der Waals surface area (Å²) in [5.41, 5.74) is 2.43. The second-order valence-corrected chi connectivity index (χ2v) is 13.6. The van der Waals surface area contributed by atoms with Crippen LogP contribution in [0.15, 0.2) is 42.5 Å². The number of nitrogens with one attached hydrogen (secondary N) is 2. The number of halogens is 2. The predicted molar refractivity (Wildman–Crippen MR) is 153 cm³/mol. The first-order chi connectivity index (χ1) is 19.1. The van der Waals surface area contributed by atoms with E-state index in [4.69, 9.17) is 11.6 Å². The maximum atomic E-state index is 13.7. The Bertz CT molecular complexity index is 1420. The SMILES string of the molecule is CS(=O)(=O)NC1CCN(CCCN(C(=O)Nc2ccc(F)c(Cl)c2)[C@@H]2CC[C@]3(c4cccc(C#N)c4)CC3C2)C1. The minimum atomic E-state index is -3.24. The van der Waals surface area contributed by atoms with Crippen LogP contribution in [-0.2, 0) is 15.4 Å². The summed E-state index contributed by atoms with van der Waals surface area (Å²) in [5, 5.41) is 12.2. The molecule has 0 radical (unpaired) electrons. The fourth-order valence-corrected chi connectivity index (χ4v) is 7.64.